The summed E-state index contributed by atoms with van der Waals surface area (Å²) >= 11 is 0. The van der Waals surface area contributed by atoms with Crippen LogP contribution in [0.4, 0.5) is 5.69 Å². The van der Waals surface area contributed by atoms with Crippen LogP contribution in [0.15, 0.2) is 54.6 Å². The van der Waals surface area contributed by atoms with Crippen molar-refractivity contribution in [2.45, 2.75) is 25.3 Å². The molecule has 0 fully saturated rings. The number of primary amides is 1. The number of hydrogen-bond donors (Lipinski definition) is 1. The number of amides is 2. The zero-order valence-corrected chi connectivity index (χ0v) is 14.9. The molecule has 2 aromatic carbocycles. The van der Waals surface area contributed by atoms with Crippen LogP contribution in [0.5, 0.6) is 5.75 Å². The van der Waals surface area contributed by atoms with Crippen molar-refractivity contribution in [1.82, 2.24) is 0 Å². The number of carbonyl (C=O) groups excluding carboxylic acids is 2. The Bertz CT molecular complexity index is 860. The summed E-state index contributed by atoms with van der Waals surface area (Å²) in [7, 11) is 1.61. The van der Waals surface area contributed by atoms with Gasteiger partial charge in [-0.3, -0.25) is 9.59 Å². The van der Waals surface area contributed by atoms with E-state index in [4.69, 9.17) is 10.5 Å². The summed E-state index contributed by atoms with van der Waals surface area (Å²) in [6.45, 7) is 1.93. The van der Waals surface area contributed by atoms with E-state index in [9.17, 15) is 9.59 Å². The molecular formula is C21H22N2O3. The van der Waals surface area contributed by atoms with Gasteiger partial charge in [-0.05, 0) is 48.7 Å². The van der Waals surface area contributed by atoms with Crippen LogP contribution >= 0.6 is 0 Å². The molecule has 2 amide bonds. The minimum absolute atomic E-state index is 0.121. The average molecular weight is 350 g/mol. The first-order valence-electron chi connectivity index (χ1n) is 8.55. The van der Waals surface area contributed by atoms with Gasteiger partial charge in [-0.1, -0.05) is 30.3 Å². The van der Waals surface area contributed by atoms with Crippen LogP contribution in [0.1, 0.15) is 30.4 Å². The quantitative estimate of drug-likeness (QED) is 0.861. The summed E-state index contributed by atoms with van der Waals surface area (Å²) in [5, 5.41) is 0. The molecule has 5 nitrogen and oxygen atoms in total. The van der Waals surface area contributed by atoms with Crippen molar-refractivity contribution >= 4 is 23.6 Å². The van der Waals surface area contributed by atoms with Gasteiger partial charge in [0.25, 0.3) is 5.91 Å². The number of ether oxygens (including phenoxy) is 1. The molecule has 2 aromatic rings. The highest BCUT2D eigenvalue weighted by molar-refractivity contribution is 6.06. The predicted molar refractivity (Wildman–Crippen MR) is 102 cm³/mol. The van der Waals surface area contributed by atoms with Gasteiger partial charge in [-0.25, -0.2) is 0 Å². The molecule has 0 saturated heterocycles. The second kappa shape index (κ2) is 7.44. The molecule has 0 radical (unpaired) electrons. The van der Waals surface area contributed by atoms with Crippen LogP contribution in [0.3, 0.4) is 0 Å². The molecule has 0 bridgehead atoms. The molecule has 2 unspecified atom stereocenters. The molecule has 0 aromatic heterocycles. The molecule has 2 N–H and O–H groups in total. The third-order valence-corrected chi connectivity index (χ3v) is 4.68. The lowest BCUT2D eigenvalue weighted by Crippen LogP contribution is -2.44. The summed E-state index contributed by atoms with van der Waals surface area (Å²) in [4.78, 5) is 26.4. The van der Waals surface area contributed by atoms with Gasteiger partial charge < -0.3 is 15.4 Å². The first-order valence-corrected chi connectivity index (χ1v) is 8.55. The Labute approximate surface area is 153 Å². The van der Waals surface area contributed by atoms with Crippen molar-refractivity contribution in [2.24, 2.45) is 5.73 Å². The molecule has 5 heteroatoms. The van der Waals surface area contributed by atoms with E-state index in [1.807, 2.05) is 55.5 Å². The topological polar surface area (TPSA) is 72.6 Å². The molecule has 134 valence electrons. The summed E-state index contributed by atoms with van der Waals surface area (Å²) in [6.07, 6.45) is 3.83. The lowest BCUT2D eigenvalue weighted by molar-refractivity contribution is -0.120. The van der Waals surface area contributed by atoms with Crippen LogP contribution in [-0.2, 0) is 9.59 Å². The number of methoxy groups -OCH3 is 1. The van der Waals surface area contributed by atoms with Crippen molar-refractivity contribution in [3.05, 3.63) is 65.7 Å². The standard InChI is InChI=1S/C21H22N2O3/c1-14-12-18(21(22)25)17-8-3-4-9-19(17)23(14)20(24)11-10-15-6-5-7-16(13-15)26-2/h3-11,13-14,18H,12H2,1-2H3,(H2,22,25). The first kappa shape index (κ1) is 17.7. The molecule has 1 aliphatic heterocycles. The number of fused-ring (bicyclic) bond motifs is 1. The van der Waals surface area contributed by atoms with Gasteiger partial charge in [0.15, 0.2) is 0 Å². The number of nitrogens with two attached hydrogens (primary N) is 1. The molecule has 1 aliphatic rings. The van der Waals surface area contributed by atoms with Gasteiger partial charge in [0.1, 0.15) is 5.75 Å². The molecule has 26 heavy (non-hydrogen) atoms. The highest BCUT2D eigenvalue weighted by Crippen LogP contribution is 2.38. The van der Waals surface area contributed by atoms with E-state index in [1.165, 1.54) is 0 Å². The fourth-order valence-corrected chi connectivity index (χ4v) is 3.41. The zero-order chi connectivity index (χ0) is 18.7. The van der Waals surface area contributed by atoms with Crippen LogP contribution in [-0.4, -0.2) is 25.0 Å². The third kappa shape index (κ3) is 3.47. The predicted octanol–water partition coefficient (Wildman–Crippen LogP) is 3.10. The van der Waals surface area contributed by atoms with Gasteiger partial charge in [-0.15, -0.1) is 0 Å². The fourth-order valence-electron chi connectivity index (χ4n) is 3.41. The van der Waals surface area contributed by atoms with E-state index in [2.05, 4.69) is 0 Å². The Hall–Kier alpha value is -3.08. The van der Waals surface area contributed by atoms with Gasteiger partial charge >= 0.3 is 0 Å². The molecule has 0 saturated carbocycles. The van der Waals surface area contributed by atoms with Crippen LogP contribution < -0.4 is 15.4 Å². The van der Waals surface area contributed by atoms with E-state index in [0.29, 0.717) is 6.42 Å². The minimum atomic E-state index is -0.368. The van der Waals surface area contributed by atoms with E-state index in [1.54, 1.807) is 24.2 Å². The summed E-state index contributed by atoms with van der Waals surface area (Å²) in [5.74, 6) is -0.118. The molecule has 1 heterocycles. The summed E-state index contributed by atoms with van der Waals surface area (Å²) in [6, 6.07) is 14.8. The number of hydrogen-bond acceptors (Lipinski definition) is 3. The first-order chi connectivity index (χ1) is 12.5. The van der Waals surface area contributed by atoms with Crippen molar-refractivity contribution in [3.8, 4) is 5.75 Å². The highest BCUT2D eigenvalue weighted by atomic mass is 16.5. The summed E-state index contributed by atoms with van der Waals surface area (Å²) in [5.41, 5.74) is 7.99. The Kier molecular flexibility index (Phi) is 5.07. The van der Waals surface area contributed by atoms with Crippen molar-refractivity contribution in [1.29, 1.82) is 0 Å². The van der Waals surface area contributed by atoms with Gasteiger partial charge in [0, 0.05) is 17.8 Å². The van der Waals surface area contributed by atoms with Crippen LogP contribution in [0.25, 0.3) is 6.08 Å². The minimum Gasteiger partial charge on any atom is -0.497 e. The van der Waals surface area contributed by atoms with Crippen molar-refractivity contribution in [3.63, 3.8) is 0 Å². The number of carbonyl (C=O) groups is 2. The van der Waals surface area contributed by atoms with Crippen LogP contribution in [0, 0.1) is 0 Å². The largest absolute Gasteiger partial charge is 0.497 e. The lowest BCUT2D eigenvalue weighted by Gasteiger charge is -2.37. The Morgan fingerprint density at radius 1 is 1.19 bits per heavy atom. The number of rotatable bonds is 4. The monoisotopic (exact) mass is 350 g/mol. The maximum atomic E-state index is 12.9. The average Bonchev–Trinajstić information content (AvgIpc) is 2.65. The Morgan fingerprint density at radius 3 is 2.69 bits per heavy atom. The SMILES string of the molecule is COc1cccc(C=CC(=O)N2c3ccccc3C(C(N)=O)CC2C)c1. The third-order valence-electron chi connectivity index (χ3n) is 4.68. The fraction of sp³-hybridized carbons (Fsp3) is 0.238. The maximum absolute atomic E-state index is 12.9. The molecule has 2 atom stereocenters. The number of benzene rings is 2. The molecular weight excluding hydrogens is 328 g/mol. The maximum Gasteiger partial charge on any atom is 0.251 e. The Morgan fingerprint density at radius 2 is 1.96 bits per heavy atom. The zero-order valence-electron chi connectivity index (χ0n) is 14.9. The van der Waals surface area contributed by atoms with Gasteiger partial charge in [0.05, 0.1) is 13.0 Å². The number of anilines is 1. The second-order valence-electron chi connectivity index (χ2n) is 6.42. The van der Waals surface area contributed by atoms with E-state index in [0.717, 1.165) is 22.6 Å². The number of nitrogens with zero attached hydrogens (tertiary/aromatic N) is 1. The summed E-state index contributed by atoms with van der Waals surface area (Å²) < 4.78 is 5.20. The van der Waals surface area contributed by atoms with Crippen LogP contribution in [0.2, 0.25) is 0 Å². The van der Waals surface area contributed by atoms with Crippen molar-refractivity contribution < 1.29 is 14.3 Å². The van der Waals surface area contributed by atoms with E-state index >= 15 is 0 Å². The van der Waals surface area contributed by atoms with E-state index < -0.39 is 0 Å². The highest BCUT2D eigenvalue weighted by Gasteiger charge is 2.35. The van der Waals surface area contributed by atoms with E-state index in [-0.39, 0.29) is 23.8 Å². The normalized spacial score (nSPS) is 19.2. The van der Waals surface area contributed by atoms with Gasteiger partial charge in [0.2, 0.25) is 5.91 Å². The van der Waals surface area contributed by atoms with Crippen molar-refractivity contribution in [2.75, 3.05) is 12.0 Å². The molecule has 0 spiro atoms. The lowest BCUT2D eigenvalue weighted by atomic mass is 9.85. The Balaban J connectivity index is 1.89. The van der Waals surface area contributed by atoms with Gasteiger partial charge in [-0.2, -0.15) is 0 Å². The molecule has 0 aliphatic carbocycles. The number of para-hydroxylation sites is 1. The second-order valence-corrected chi connectivity index (χ2v) is 6.42. The smallest absolute Gasteiger partial charge is 0.251 e. The molecule has 3 rings (SSSR count).